The van der Waals surface area contributed by atoms with Gasteiger partial charge in [0.15, 0.2) is 0 Å². The molecule has 2 unspecified atom stereocenters. The zero-order valence-corrected chi connectivity index (χ0v) is 10.1. The first-order chi connectivity index (χ1) is 8.33. The van der Waals surface area contributed by atoms with Gasteiger partial charge < -0.3 is 0 Å². The molecule has 1 aliphatic carbocycles. The Hall–Kier alpha value is -1.15. The first-order valence-corrected chi connectivity index (χ1v) is 6.63. The summed E-state index contributed by atoms with van der Waals surface area (Å²) in [5.74, 6) is 1.13. The van der Waals surface area contributed by atoms with Gasteiger partial charge in [0.2, 0.25) is 0 Å². The molecule has 0 spiro atoms. The van der Waals surface area contributed by atoms with Gasteiger partial charge in [-0.15, -0.1) is 0 Å². The second-order valence-electron chi connectivity index (χ2n) is 5.36. The van der Waals surface area contributed by atoms with Crippen molar-refractivity contribution < 1.29 is 4.79 Å². The molecule has 2 atom stereocenters. The predicted octanol–water partition coefficient (Wildman–Crippen LogP) is 2.28. The molecule has 3 aliphatic rings. The summed E-state index contributed by atoms with van der Waals surface area (Å²) in [5, 5.41) is 0. The Morgan fingerprint density at radius 3 is 2.71 bits per heavy atom. The predicted molar refractivity (Wildman–Crippen MR) is 67.9 cm³/mol. The number of carbonyl (C=O) groups is 1. The smallest absolute Gasteiger partial charge is 0.150 e. The van der Waals surface area contributed by atoms with Gasteiger partial charge in [-0.25, -0.2) is 0 Å². The number of hydrogen-bond acceptors (Lipinski definition) is 2. The van der Waals surface area contributed by atoms with Crippen LogP contribution in [0.2, 0.25) is 0 Å². The summed E-state index contributed by atoms with van der Waals surface area (Å²) in [6, 6.07) is 10.8. The molecular formula is C15H19NO. The number of carbonyl (C=O) groups excluding carboxylic acids is 1. The number of hydrogen-bond donors (Lipinski definition) is 0. The van der Waals surface area contributed by atoms with Crippen LogP contribution in [0.5, 0.6) is 0 Å². The highest BCUT2D eigenvalue weighted by molar-refractivity contribution is 5.85. The van der Waals surface area contributed by atoms with Gasteiger partial charge in [-0.05, 0) is 30.7 Å². The highest BCUT2D eigenvalue weighted by Gasteiger charge is 2.39. The fraction of sp³-hybridized carbons (Fsp3) is 0.533. The van der Waals surface area contributed by atoms with Crippen LogP contribution in [-0.4, -0.2) is 29.8 Å². The van der Waals surface area contributed by atoms with Crippen molar-refractivity contribution in [1.29, 1.82) is 0 Å². The van der Waals surface area contributed by atoms with Gasteiger partial charge >= 0.3 is 0 Å². The normalized spacial score (nSPS) is 28.6. The number of ketones is 1. The van der Waals surface area contributed by atoms with Gasteiger partial charge in [0.1, 0.15) is 5.78 Å². The van der Waals surface area contributed by atoms with Crippen LogP contribution in [0.3, 0.4) is 0 Å². The molecule has 17 heavy (non-hydrogen) atoms. The molecule has 0 aromatic heterocycles. The second kappa shape index (κ2) is 4.61. The SMILES string of the molecule is O=C1CC2CCC1N(CCc1ccccc1)C2. The van der Waals surface area contributed by atoms with E-state index in [-0.39, 0.29) is 6.04 Å². The first-order valence-electron chi connectivity index (χ1n) is 6.63. The Labute approximate surface area is 103 Å². The molecule has 90 valence electrons. The van der Waals surface area contributed by atoms with E-state index in [1.165, 1.54) is 12.0 Å². The van der Waals surface area contributed by atoms with E-state index < -0.39 is 0 Å². The van der Waals surface area contributed by atoms with Crippen molar-refractivity contribution in [2.24, 2.45) is 5.92 Å². The van der Waals surface area contributed by atoms with Crippen molar-refractivity contribution in [3.05, 3.63) is 35.9 Å². The molecule has 3 fully saturated rings. The molecule has 0 N–H and O–H groups in total. The molecular weight excluding hydrogens is 210 g/mol. The molecule has 1 aromatic carbocycles. The fourth-order valence-electron chi connectivity index (χ4n) is 3.24. The number of rotatable bonds is 3. The van der Waals surface area contributed by atoms with Gasteiger partial charge in [0, 0.05) is 19.5 Å². The van der Waals surface area contributed by atoms with E-state index in [0.717, 1.165) is 32.4 Å². The van der Waals surface area contributed by atoms with Crippen LogP contribution < -0.4 is 0 Å². The molecule has 2 heterocycles. The highest BCUT2D eigenvalue weighted by atomic mass is 16.1. The van der Waals surface area contributed by atoms with E-state index >= 15 is 0 Å². The minimum Gasteiger partial charge on any atom is -0.298 e. The van der Waals surface area contributed by atoms with Gasteiger partial charge in [-0.1, -0.05) is 30.3 Å². The monoisotopic (exact) mass is 229 g/mol. The van der Waals surface area contributed by atoms with Gasteiger partial charge in [0.25, 0.3) is 0 Å². The van der Waals surface area contributed by atoms with Crippen LogP contribution in [0.1, 0.15) is 24.8 Å². The second-order valence-corrected chi connectivity index (χ2v) is 5.36. The third-order valence-electron chi connectivity index (χ3n) is 4.17. The van der Waals surface area contributed by atoms with E-state index in [4.69, 9.17) is 0 Å². The molecule has 4 rings (SSSR count). The first kappa shape index (κ1) is 11.0. The number of benzene rings is 1. The van der Waals surface area contributed by atoms with E-state index in [1.54, 1.807) is 0 Å². The topological polar surface area (TPSA) is 20.3 Å². The van der Waals surface area contributed by atoms with Gasteiger partial charge in [-0.2, -0.15) is 0 Å². The summed E-state index contributed by atoms with van der Waals surface area (Å²) in [4.78, 5) is 14.2. The molecule has 0 amide bonds. The van der Waals surface area contributed by atoms with Crippen LogP contribution in [0.4, 0.5) is 0 Å². The summed E-state index contributed by atoms with van der Waals surface area (Å²) in [6.07, 6.45) is 4.26. The molecule has 0 radical (unpaired) electrons. The van der Waals surface area contributed by atoms with Crippen molar-refractivity contribution >= 4 is 5.78 Å². The number of nitrogens with zero attached hydrogens (tertiary/aromatic N) is 1. The average Bonchev–Trinajstić information content (AvgIpc) is 2.38. The summed E-state index contributed by atoms with van der Waals surface area (Å²) in [5.41, 5.74) is 1.38. The highest BCUT2D eigenvalue weighted by Crippen LogP contribution is 2.32. The summed E-state index contributed by atoms with van der Waals surface area (Å²) in [6.45, 7) is 2.18. The Morgan fingerprint density at radius 2 is 2.00 bits per heavy atom. The third-order valence-corrected chi connectivity index (χ3v) is 4.17. The molecule has 1 aromatic rings. The van der Waals surface area contributed by atoms with Crippen LogP contribution in [-0.2, 0) is 11.2 Å². The van der Waals surface area contributed by atoms with Crippen LogP contribution >= 0.6 is 0 Å². The van der Waals surface area contributed by atoms with E-state index in [1.807, 2.05) is 0 Å². The molecule has 2 aliphatic heterocycles. The van der Waals surface area contributed by atoms with Crippen molar-refractivity contribution in [3.63, 3.8) is 0 Å². The van der Waals surface area contributed by atoms with E-state index in [9.17, 15) is 4.79 Å². The molecule has 2 heteroatoms. The maximum absolute atomic E-state index is 11.8. The summed E-state index contributed by atoms with van der Waals surface area (Å²) >= 11 is 0. The zero-order chi connectivity index (χ0) is 11.7. The molecule has 2 saturated heterocycles. The van der Waals surface area contributed by atoms with E-state index in [0.29, 0.717) is 11.7 Å². The van der Waals surface area contributed by atoms with Crippen LogP contribution in [0.15, 0.2) is 30.3 Å². The number of piperidine rings is 2. The Balaban J connectivity index is 1.61. The largest absolute Gasteiger partial charge is 0.298 e. The lowest BCUT2D eigenvalue weighted by Crippen LogP contribution is -2.53. The average molecular weight is 229 g/mol. The zero-order valence-electron chi connectivity index (χ0n) is 10.1. The lowest BCUT2D eigenvalue weighted by molar-refractivity contribution is -0.133. The van der Waals surface area contributed by atoms with Gasteiger partial charge in [0.05, 0.1) is 6.04 Å². The van der Waals surface area contributed by atoms with Crippen LogP contribution in [0.25, 0.3) is 0 Å². The van der Waals surface area contributed by atoms with Crippen molar-refractivity contribution in [1.82, 2.24) is 4.90 Å². The Morgan fingerprint density at radius 1 is 1.18 bits per heavy atom. The minimum atomic E-state index is 0.240. The Bertz CT molecular complexity index is 401. The lowest BCUT2D eigenvalue weighted by Gasteiger charge is -2.44. The molecule has 2 bridgehead atoms. The maximum Gasteiger partial charge on any atom is 0.150 e. The van der Waals surface area contributed by atoms with Gasteiger partial charge in [-0.3, -0.25) is 9.69 Å². The third kappa shape index (κ3) is 2.27. The number of Topliss-reactive ketones (excluding diaryl/α,β-unsaturated/α-hetero) is 1. The molecule has 1 saturated carbocycles. The minimum absolute atomic E-state index is 0.240. The summed E-state index contributed by atoms with van der Waals surface area (Å²) < 4.78 is 0. The van der Waals surface area contributed by atoms with Crippen LogP contribution in [0, 0.1) is 5.92 Å². The fourth-order valence-corrected chi connectivity index (χ4v) is 3.24. The quantitative estimate of drug-likeness (QED) is 0.792. The maximum atomic E-state index is 11.8. The van der Waals surface area contributed by atoms with Crippen molar-refractivity contribution in [2.45, 2.75) is 31.7 Å². The lowest BCUT2D eigenvalue weighted by atomic mass is 9.79. The Kier molecular flexibility index (Phi) is 2.98. The standard InChI is InChI=1S/C15H19NO/c17-15-10-13-6-7-14(15)16(11-13)9-8-12-4-2-1-3-5-12/h1-5,13-14H,6-11H2. The number of fused-ring (bicyclic) bond motifs is 3. The van der Waals surface area contributed by atoms with E-state index in [2.05, 4.69) is 35.2 Å². The van der Waals surface area contributed by atoms with Crippen molar-refractivity contribution in [3.8, 4) is 0 Å². The summed E-state index contributed by atoms with van der Waals surface area (Å²) in [7, 11) is 0. The van der Waals surface area contributed by atoms with Crippen molar-refractivity contribution in [2.75, 3.05) is 13.1 Å². The molecule has 2 nitrogen and oxygen atoms in total.